The molecule has 1 aliphatic rings. The molecule has 0 spiro atoms. The highest BCUT2D eigenvalue weighted by molar-refractivity contribution is 7.99. The Labute approximate surface area is 111 Å². The molecular formula is C14H26N2S. The van der Waals surface area contributed by atoms with Gasteiger partial charge in [-0.05, 0) is 49.5 Å². The molecule has 1 aliphatic carbocycles. The van der Waals surface area contributed by atoms with Crippen LogP contribution in [0.4, 0.5) is 0 Å². The highest BCUT2D eigenvalue weighted by Crippen LogP contribution is 2.27. The summed E-state index contributed by atoms with van der Waals surface area (Å²) in [6.07, 6.45) is 5.59. The molecule has 0 aromatic rings. The first-order valence-electron chi connectivity index (χ1n) is 6.88. The van der Waals surface area contributed by atoms with Crippen LogP contribution < -0.4 is 5.32 Å². The topological polar surface area (TPSA) is 35.8 Å². The third-order valence-electron chi connectivity index (χ3n) is 3.22. The number of hydrogen-bond acceptors (Lipinski definition) is 3. The van der Waals surface area contributed by atoms with Gasteiger partial charge in [0.1, 0.15) is 5.54 Å². The summed E-state index contributed by atoms with van der Waals surface area (Å²) in [6, 6.07) is 3.14. The Kier molecular flexibility index (Phi) is 6.37. The molecule has 0 radical (unpaired) electrons. The lowest BCUT2D eigenvalue weighted by atomic mass is 9.92. The summed E-state index contributed by atoms with van der Waals surface area (Å²) in [5, 5.41) is 12.9. The van der Waals surface area contributed by atoms with Crippen molar-refractivity contribution in [1.82, 2.24) is 5.32 Å². The molecule has 1 unspecified atom stereocenters. The molecule has 0 aromatic carbocycles. The van der Waals surface area contributed by atoms with Crippen molar-refractivity contribution in [3.8, 4) is 6.07 Å². The Morgan fingerprint density at radius 2 is 2.18 bits per heavy atom. The van der Waals surface area contributed by atoms with Crippen LogP contribution in [0.5, 0.6) is 0 Å². The van der Waals surface area contributed by atoms with E-state index >= 15 is 0 Å². The van der Waals surface area contributed by atoms with Gasteiger partial charge in [-0.25, -0.2) is 0 Å². The Morgan fingerprint density at radius 1 is 1.47 bits per heavy atom. The Hall–Kier alpha value is -0.200. The van der Waals surface area contributed by atoms with Crippen molar-refractivity contribution >= 4 is 11.8 Å². The van der Waals surface area contributed by atoms with E-state index in [0.29, 0.717) is 6.04 Å². The summed E-state index contributed by atoms with van der Waals surface area (Å²) >= 11 is 2.02. The zero-order valence-electron chi connectivity index (χ0n) is 11.5. The van der Waals surface area contributed by atoms with E-state index in [0.717, 1.165) is 25.2 Å². The van der Waals surface area contributed by atoms with Gasteiger partial charge in [0.05, 0.1) is 6.07 Å². The highest BCUT2D eigenvalue weighted by atomic mass is 32.2. The van der Waals surface area contributed by atoms with Gasteiger partial charge in [-0.2, -0.15) is 17.0 Å². The van der Waals surface area contributed by atoms with Crippen molar-refractivity contribution in [1.29, 1.82) is 5.26 Å². The fourth-order valence-electron chi connectivity index (χ4n) is 1.93. The smallest absolute Gasteiger partial charge is 0.106 e. The predicted octanol–water partition coefficient (Wildman–Crippen LogP) is 3.58. The predicted molar refractivity (Wildman–Crippen MR) is 76.2 cm³/mol. The molecule has 0 saturated heterocycles. The van der Waals surface area contributed by atoms with E-state index in [-0.39, 0.29) is 5.54 Å². The second-order valence-electron chi connectivity index (χ2n) is 5.54. The summed E-state index contributed by atoms with van der Waals surface area (Å²) in [5.41, 5.74) is -0.250. The van der Waals surface area contributed by atoms with Gasteiger partial charge in [-0.1, -0.05) is 20.8 Å². The molecule has 98 valence electrons. The van der Waals surface area contributed by atoms with Crippen molar-refractivity contribution in [2.45, 2.75) is 64.5 Å². The Balaban J connectivity index is 2.22. The largest absolute Gasteiger partial charge is 0.297 e. The lowest BCUT2D eigenvalue weighted by Gasteiger charge is -2.26. The molecule has 1 atom stereocenters. The van der Waals surface area contributed by atoms with Crippen LogP contribution in [0.25, 0.3) is 0 Å². The monoisotopic (exact) mass is 254 g/mol. The van der Waals surface area contributed by atoms with Gasteiger partial charge >= 0.3 is 0 Å². The van der Waals surface area contributed by atoms with Crippen molar-refractivity contribution in [2.75, 3.05) is 11.5 Å². The van der Waals surface area contributed by atoms with Crippen molar-refractivity contribution in [3.63, 3.8) is 0 Å². The van der Waals surface area contributed by atoms with E-state index in [4.69, 9.17) is 0 Å². The zero-order valence-corrected chi connectivity index (χ0v) is 12.3. The molecular weight excluding hydrogens is 228 g/mol. The van der Waals surface area contributed by atoms with Crippen molar-refractivity contribution < 1.29 is 0 Å². The second-order valence-corrected chi connectivity index (χ2v) is 6.69. The fourth-order valence-corrected chi connectivity index (χ4v) is 2.92. The minimum absolute atomic E-state index is 0.250. The molecule has 3 heteroatoms. The van der Waals surface area contributed by atoms with Crippen LogP contribution in [0.2, 0.25) is 0 Å². The van der Waals surface area contributed by atoms with Gasteiger partial charge in [0, 0.05) is 6.04 Å². The van der Waals surface area contributed by atoms with Gasteiger partial charge in [0.2, 0.25) is 0 Å². The molecule has 0 aliphatic heterocycles. The summed E-state index contributed by atoms with van der Waals surface area (Å²) in [4.78, 5) is 0. The van der Waals surface area contributed by atoms with Crippen LogP contribution in [0.1, 0.15) is 52.9 Å². The summed E-state index contributed by atoms with van der Waals surface area (Å²) in [7, 11) is 0. The van der Waals surface area contributed by atoms with Gasteiger partial charge in [-0.3, -0.25) is 5.32 Å². The van der Waals surface area contributed by atoms with E-state index < -0.39 is 0 Å². The van der Waals surface area contributed by atoms with Crippen LogP contribution in [-0.4, -0.2) is 23.1 Å². The second kappa shape index (κ2) is 7.28. The van der Waals surface area contributed by atoms with Gasteiger partial charge in [0.15, 0.2) is 0 Å². The van der Waals surface area contributed by atoms with Gasteiger partial charge < -0.3 is 0 Å². The Bertz CT molecular complexity index is 255. The van der Waals surface area contributed by atoms with Crippen molar-refractivity contribution in [2.24, 2.45) is 5.92 Å². The minimum Gasteiger partial charge on any atom is -0.297 e. The van der Waals surface area contributed by atoms with Crippen LogP contribution in [0, 0.1) is 17.2 Å². The molecule has 0 heterocycles. The van der Waals surface area contributed by atoms with Gasteiger partial charge in [-0.15, -0.1) is 0 Å². The number of nitrogens with zero attached hydrogens (tertiary/aromatic N) is 1. The molecule has 1 N–H and O–H groups in total. The first kappa shape index (κ1) is 14.9. The summed E-state index contributed by atoms with van der Waals surface area (Å²) in [6.45, 7) is 6.64. The number of nitriles is 1. The minimum atomic E-state index is -0.250. The number of thioether (sulfide) groups is 1. The highest BCUT2D eigenvalue weighted by Gasteiger charge is 2.34. The van der Waals surface area contributed by atoms with Crippen LogP contribution >= 0.6 is 11.8 Å². The van der Waals surface area contributed by atoms with E-state index in [9.17, 15) is 5.26 Å². The van der Waals surface area contributed by atoms with E-state index in [1.54, 1.807) is 0 Å². The molecule has 17 heavy (non-hydrogen) atoms. The third-order valence-corrected chi connectivity index (χ3v) is 4.70. The third kappa shape index (κ3) is 5.79. The van der Waals surface area contributed by atoms with E-state index in [2.05, 4.69) is 32.2 Å². The SMILES string of the molecule is CCC(C#N)(CCCSCC(C)C)NC1CC1. The maximum atomic E-state index is 9.38. The van der Waals surface area contributed by atoms with Crippen LogP contribution in [-0.2, 0) is 0 Å². The molecule has 1 rings (SSSR count). The summed E-state index contributed by atoms with van der Waals surface area (Å²) < 4.78 is 0. The van der Waals surface area contributed by atoms with E-state index in [1.807, 2.05) is 11.8 Å². The van der Waals surface area contributed by atoms with Crippen molar-refractivity contribution in [3.05, 3.63) is 0 Å². The lowest BCUT2D eigenvalue weighted by molar-refractivity contribution is 0.367. The van der Waals surface area contributed by atoms with E-state index in [1.165, 1.54) is 24.3 Å². The Morgan fingerprint density at radius 3 is 2.65 bits per heavy atom. The normalized spacial score (nSPS) is 19.0. The summed E-state index contributed by atoms with van der Waals surface area (Å²) in [5.74, 6) is 3.20. The van der Waals surface area contributed by atoms with Crippen LogP contribution in [0.3, 0.4) is 0 Å². The average Bonchev–Trinajstić information content (AvgIpc) is 3.10. The number of rotatable bonds is 9. The van der Waals surface area contributed by atoms with Gasteiger partial charge in [0.25, 0.3) is 0 Å². The maximum Gasteiger partial charge on any atom is 0.106 e. The first-order chi connectivity index (χ1) is 8.12. The fraction of sp³-hybridized carbons (Fsp3) is 0.929. The average molecular weight is 254 g/mol. The quantitative estimate of drug-likeness (QED) is 0.639. The zero-order chi connectivity index (χ0) is 12.7. The number of nitrogens with one attached hydrogen (secondary N) is 1. The lowest BCUT2D eigenvalue weighted by Crippen LogP contribution is -2.44. The molecule has 1 fully saturated rings. The molecule has 0 amide bonds. The maximum absolute atomic E-state index is 9.38. The first-order valence-corrected chi connectivity index (χ1v) is 8.04. The van der Waals surface area contributed by atoms with Crippen LogP contribution in [0.15, 0.2) is 0 Å². The molecule has 0 bridgehead atoms. The molecule has 1 saturated carbocycles. The number of hydrogen-bond donors (Lipinski definition) is 1. The standard InChI is InChI=1S/C14H26N2S/c1-4-14(11-15,16-13-6-7-13)8-5-9-17-10-12(2)3/h12-13,16H,4-10H2,1-3H3. The molecule has 2 nitrogen and oxygen atoms in total. The molecule has 0 aromatic heterocycles.